The van der Waals surface area contributed by atoms with Gasteiger partial charge in [-0.05, 0) is 12.8 Å². The van der Waals surface area contributed by atoms with Gasteiger partial charge in [-0.2, -0.15) is 0 Å². The summed E-state index contributed by atoms with van der Waals surface area (Å²) in [6.07, 6.45) is 0. The molecular weight excluding hydrogens is 154 g/mol. The summed E-state index contributed by atoms with van der Waals surface area (Å²) in [5.74, 6) is 0.453. The van der Waals surface area contributed by atoms with E-state index in [1.165, 1.54) is 6.07 Å². The number of nitrogens with one attached hydrogen (secondary N) is 1. The van der Waals surface area contributed by atoms with Crippen molar-refractivity contribution in [2.45, 2.75) is 26.8 Å². The third-order valence-electron chi connectivity index (χ3n) is 2.13. The maximum absolute atomic E-state index is 10.8. The summed E-state index contributed by atoms with van der Waals surface area (Å²) in [5, 5.41) is 2.99. The molecule has 1 N–H and O–H groups in total. The summed E-state index contributed by atoms with van der Waals surface area (Å²) >= 11 is 0. The van der Waals surface area contributed by atoms with Gasteiger partial charge in [-0.25, -0.2) is 0 Å². The lowest BCUT2D eigenvalue weighted by Gasteiger charge is -2.18. The van der Waals surface area contributed by atoms with Gasteiger partial charge in [0.15, 0.2) is 0 Å². The van der Waals surface area contributed by atoms with Crippen molar-refractivity contribution in [1.82, 2.24) is 0 Å². The number of rotatable bonds is 3. The van der Waals surface area contributed by atoms with E-state index in [1.54, 1.807) is 0 Å². The number of anilines is 1. The minimum absolute atomic E-state index is 0.230. The molecule has 0 aliphatic rings. The zero-order valence-electron chi connectivity index (χ0n) is 7.55. The molecule has 0 fully saturated rings. The van der Waals surface area contributed by atoms with Crippen LogP contribution < -0.4 is 16.2 Å². The van der Waals surface area contributed by atoms with Crippen LogP contribution in [0.1, 0.15) is 20.8 Å². The maximum atomic E-state index is 10.8. The number of hydrogen-bond acceptors (Lipinski definition) is 3. The highest BCUT2D eigenvalue weighted by Crippen LogP contribution is 2.06. The van der Waals surface area contributed by atoms with Crippen molar-refractivity contribution in [2.24, 2.45) is 5.92 Å². The van der Waals surface area contributed by atoms with Gasteiger partial charge in [-0.15, -0.1) is 0 Å². The molecule has 3 heteroatoms. The highest BCUT2D eigenvalue weighted by atomic mass is 16.2. The fourth-order valence-corrected chi connectivity index (χ4v) is 0.836. The van der Waals surface area contributed by atoms with Gasteiger partial charge in [0.1, 0.15) is 0 Å². The summed E-state index contributed by atoms with van der Waals surface area (Å²) in [7, 11) is 0. The second kappa shape index (κ2) is 3.09. The van der Waals surface area contributed by atoms with Crippen LogP contribution in [0.3, 0.4) is 0 Å². The molecule has 0 saturated carbocycles. The Labute approximate surface area is 71.1 Å². The van der Waals surface area contributed by atoms with Crippen molar-refractivity contribution < 1.29 is 0 Å². The SMILES string of the molecule is CC(C)C(C)Nc1cc(=O)c1=O. The zero-order valence-corrected chi connectivity index (χ0v) is 7.55. The van der Waals surface area contributed by atoms with Gasteiger partial charge in [0.05, 0.1) is 5.69 Å². The predicted molar refractivity (Wildman–Crippen MR) is 49.3 cm³/mol. The standard InChI is InChI=1S/C9H13NO2/c1-5(2)6(3)10-7-4-8(11)9(7)12/h4-6,10H,1-3H3. The molecule has 1 atom stereocenters. The number of hydrogen-bond donors (Lipinski definition) is 1. The van der Waals surface area contributed by atoms with E-state index in [9.17, 15) is 9.59 Å². The van der Waals surface area contributed by atoms with E-state index in [4.69, 9.17) is 0 Å². The Balaban J connectivity index is 2.62. The van der Waals surface area contributed by atoms with E-state index < -0.39 is 5.43 Å². The molecular formula is C9H13NO2. The Morgan fingerprint density at radius 1 is 1.25 bits per heavy atom. The van der Waals surface area contributed by atoms with Gasteiger partial charge in [0.2, 0.25) is 10.9 Å². The van der Waals surface area contributed by atoms with Crippen LogP contribution in [0.15, 0.2) is 15.7 Å². The van der Waals surface area contributed by atoms with Gasteiger partial charge in [0.25, 0.3) is 0 Å². The highest BCUT2D eigenvalue weighted by molar-refractivity contribution is 5.47. The summed E-state index contributed by atoms with van der Waals surface area (Å²) in [6.45, 7) is 6.11. The average molecular weight is 167 g/mol. The predicted octanol–water partition coefficient (Wildman–Crippen LogP) is 0.739. The van der Waals surface area contributed by atoms with Gasteiger partial charge in [0, 0.05) is 12.1 Å². The minimum atomic E-state index is -0.395. The van der Waals surface area contributed by atoms with E-state index in [1.807, 2.05) is 6.92 Å². The lowest BCUT2D eigenvalue weighted by molar-refractivity contribution is 0.559. The van der Waals surface area contributed by atoms with Crippen LogP contribution in [0.2, 0.25) is 0 Å². The molecule has 0 heterocycles. The van der Waals surface area contributed by atoms with E-state index in [-0.39, 0.29) is 11.5 Å². The van der Waals surface area contributed by atoms with Gasteiger partial charge < -0.3 is 5.32 Å². The topological polar surface area (TPSA) is 46.2 Å². The van der Waals surface area contributed by atoms with Crippen LogP contribution in [0.5, 0.6) is 0 Å². The summed E-state index contributed by atoms with van der Waals surface area (Å²) < 4.78 is 0. The Kier molecular flexibility index (Phi) is 2.31. The quantitative estimate of drug-likeness (QED) is 0.675. The van der Waals surface area contributed by atoms with Crippen LogP contribution in [0.4, 0.5) is 5.69 Å². The molecule has 0 amide bonds. The monoisotopic (exact) mass is 167 g/mol. The Hall–Kier alpha value is -1.12. The molecule has 0 spiro atoms. The zero-order chi connectivity index (χ0) is 9.30. The maximum Gasteiger partial charge on any atom is 0.248 e. The molecule has 0 saturated heterocycles. The van der Waals surface area contributed by atoms with Crippen molar-refractivity contribution in [2.75, 3.05) is 5.32 Å². The molecule has 1 aromatic carbocycles. The third-order valence-corrected chi connectivity index (χ3v) is 2.13. The van der Waals surface area contributed by atoms with E-state index in [0.29, 0.717) is 11.6 Å². The lowest BCUT2D eigenvalue weighted by Crippen LogP contribution is -2.36. The fourth-order valence-electron chi connectivity index (χ4n) is 0.836. The normalized spacial score (nSPS) is 13.7. The molecule has 0 aromatic heterocycles. The summed E-state index contributed by atoms with van der Waals surface area (Å²) in [4.78, 5) is 21.4. The van der Waals surface area contributed by atoms with E-state index >= 15 is 0 Å². The smallest absolute Gasteiger partial charge is 0.248 e. The third kappa shape index (κ3) is 1.55. The first kappa shape index (κ1) is 8.97. The van der Waals surface area contributed by atoms with Crippen molar-refractivity contribution in [3.63, 3.8) is 0 Å². The van der Waals surface area contributed by atoms with Crippen molar-refractivity contribution >= 4 is 5.69 Å². The highest BCUT2D eigenvalue weighted by Gasteiger charge is 2.13. The average Bonchev–Trinajstić information content (AvgIpc) is 2.03. The summed E-state index contributed by atoms with van der Waals surface area (Å²) in [5.41, 5.74) is -0.322. The molecule has 0 aliphatic heterocycles. The second-order valence-corrected chi connectivity index (χ2v) is 3.43. The van der Waals surface area contributed by atoms with Gasteiger partial charge in [-0.3, -0.25) is 9.59 Å². The van der Waals surface area contributed by atoms with E-state index in [0.717, 1.165) is 0 Å². The molecule has 1 rings (SSSR count). The van der Waals surface area contributed by atoms with Crippen LogP contribution in [-0.4, -0.2) is 6.04 Å². The summed E-state index contributed by atoms with van der Waals surface area (Å²) in [6, 6.07) is 1.58. The molecule has 0 bridgehead atoms. The first-order chi connectivity index (χ1) is 5.52. The Bertz CT molecular complexity index is 334. The van der Waals surface area contributed by atoms with Crippen LogP contribution >= 0.6 is 0 Å². The second-order valence-electron chi connectivity index (χ2n) is 3.43. The van der Waals surface area contributed by atoms with Crippen molar-refractivity contribution in [3.05, 3.63) is 26.5 Å². The Morgan fingerprint density at radius 3 is 2.17 bits per heavy atom. The molecule has 12 heavy (non-hydrogen) atoms. The van der Waals surface area contributed by atoms with Crippen molar-refractivity contribution in [1.29, 1.82) is 0 Å². The van der Waals surface area contributed by atoms with Crippen LogP contribution in [-0.2, 0) is 0 Å². The van der Waals surface area contributed by atoms with Crippen LogP contribution in [0.25, 0.3) is 0 Å². The first-order valence-electron chi connectivity index (χ1n) is 4.09. The largest absolute Gasteiger partial charge is 0.379 e. The molecule has 0 aliphatic carbocycles. The molecule has 0 radical (unpaired) electrons. The molecule has 3 nitrogen and oxygen atoms in total. The Morgan fingerprint density at radius 2 is 1.83 bits per heavy atom. The fraction of sp³-hybridized carbons (Fsp3) is 0.556. The van der Waals surface area contributed by atoms with Gasteiger partial charge >= 0.3 is 0 Å². The van der Waals surface area contributed by atoms with E-state index in [2.05, 4.69) is 19.2 Å². The molecule has 66 valence electrons. The van der Waals surface area contributed by atoms with Gasteiger partial charge in [-0.1, -0.05) is 13.8 Å². The first-order valence-corrected chi connectivity index (χ1v) is 4.09. The lowest BCUT2D eigenvalue weighted by atomic mass is 10.1. The molecule has 1 aromatic rings. The van der Waals surface area contributed by atoms with Crippen molar-refractivity contribution in [3.8, 4) is 0 Å². The molecule has 1 unspecified atom stereocenters. The minimum Gasteiger partial charge on any atom is -0.379 e. The van der Waals surface area contributed by atoms with Crippen LogP contribution in [0, 0.1) is 5.92 Å².